The molecule has 1 rings (SSSR count). The Morgan fingerprint density at radius 3 is 2.31 bits per heavy atom. The zero-order chi connectivity index (χ0) is 27.5. The van der Waals surface area contributed by atoms with Crippen LogP contribution in [0.4, 0.5) is 4.79 Å². The summed E-state index contributed by atoms with van der Waals surface area (Å²) >= 11 is 0. The van der Waals surface area contributed by atoms with Gasteiger partial charge < -0.3 is 25.0 Å². The van der Waals surface area contributed by atoms with Crippen molar-refractivity contribution in [1.82, 2.24) is 15.5 Å². The summed E-state index contributed by atoms with van der Waals surface area (Å²) in [7, 11) is 1.24. The van der Waals surface area contributed by atoms with E-state index in [0.717, 1.165) is 12.0 Å². The Morgan fingerprint density at radius 1 is 1.11 bits per heavy atom. The van der Waals surface area contributed by atoms with E-state index in [4.69, 9.17) is 4.74 Å². The number of carbonyl (C=O) groups excluding carboxylic acids is 4. The summed E-state index contributed by atoms with van der Waals surface area (Å²) in [5.41, 5.74) is 0.806. The van der Waals surface area contributed by atoms with Crippen LogP contribution in [0.25, 0.3) is 0 Å². The Balaban J connectivity index is 3.48. The molecule has 1 aromatic carbocycles. The molecule has 36 heavy (non-hydrogen) atoms. The number of methoxy groups -OCH3 is 1. The minimum absolute atomic E-state index is 0.217. The van der Waals surface area contributed by atoms with Crippen LogP contribution in [0.2, 0.25) is 0 Å². The van der Waals surface area contributed by atoms with E-state index in [1.165, 1.54) is 12.0 Å². The van der Waals surface area contributed by atoms with Gasteiger partial charge in [0, 0.05) is 6.54 Å². The summed E-state index contributed by atoms with van der Waals surface area (Å²) in [6, 6.07) is 5.44. The second-order valence-corrected chi connectivity index (χ2v) is 10.0. The van der Waals surface area contributed by atoms with E-state index in [0.29, 0.717) is 24.9 Å². The Hall–Kier alpha value is -3.10. The smallest absolute Gasteiger partial charge is 0.408 e. The van der Waals surface area contributed by atoms with Crippen LogP contribution in [0.3, 0.4) is 0 Å². The quantitative estimate of drug-likeness (QED) is 0.417. The van der Waals surface area contributed by atoms with Crippen molar-refractivity contribution in [3.05, 3.63) is 35.4 Å². The van der Waals surface area contributed by atoms with Crippen molar-refractivity contribution in [2.75, 3.05) is 20.2 Å². The number of benzene rings is 1. The van der Waals surface area contributed by atoms with Gasteiger partial charge in [-0.2, -0.15) is 0 Å². The molecule has 0 heterocycles. The van der Waals surface area contributed by atoms with Crippen LogP contribution < -0.4 is 10.6 Å². The Bertz CT molecular complexity index is 896. The van der Waals surface area contributed by atoms with E-state index in [9.17, 15) is 19.2 Å². The first-order chi connectivity index (χ1) is 16.8. The maximum Gasteiger partial charge on any atom is 0.408 e. The average molecular weight is 506 g/mol. The first kappa shape index (κ1) is 30.9. The lowest BCUT2D eigenvalue weighted by Crippen LogP contribution is -2.55. The number of unbranched alkanes of at least 4 members (excludes halogenated alkanes) is 1. The lowest BCUT2D eigenvalue weighted by molar-refractivity contribution is -0.145. The number of hydrogen-bond acceptors (Lipinski definition) is 6. The Kier molecular flexibility index (Phi) is 12.4. The zero-order valence-electron chi connectivity index (χ0n) is 23.0. The number of esters is 1. The van der Waals surface area contributed by atoms with E-state index < -0.39 is 35.7 Å². The number of aryl methyl sites for hydroxylation is 1. The number of carbonyl (C=O) groups is 4. The van der Waals surface area contributed by atoms with Gasteiger partial charge in [0.2, 0.25) is 11.8 Å². The van der Waals surface area contributed by atoms with E-state index >= 15 is 0 Å². The molecule has 202 valence electrons. The van der Waals surface area contributed by atoms with E-state index in [2.05, 4.69) is 15.4 Å². The molecule has 3 amide bonds. The van der Waals surface area contributed by atoms with Crippen molar-refractivity contribution in [3.63, 3.8) is 0 Å². The van der Waals surface area contributed by atoms with E-state index in [1.807, 2.05) is 45.9 Å². The van der Waals surface area contributed by atoms with Crippen molar-refractivity contribution in [2.24, 2.45) is 5.92 Å². The third-order valence-electron chi connectivity index (χ3n) is 5.74. The predicted octanol–water partition coefficient (Wildman–Crippen LogP) is 3.89. The summed E-state index contributed by atoms with van der Waals surface area (Å²) in [5, 5.41) is 5.34. The van der Waals surface area contributed by atoms with Crippen molar-refractivity contribution in [1.29, 1.82) is 0 Å². The largest absolute Gasteiger partial charge is 0.468 e. The zero-order valence-corrected chi connectivity index (χ0v) is 23.0. The molecule has 0 aromatic heterocycles. The van der Waals surface area contributed by atoms with Gasteiger partial charge in [-0.05, 0) is 45.6 Å². The van der Waals surface area contributed by atoms with Crippen LogP contribution in [0.1, 0.15) is 78.0 Å². The molecule has 0 aliphatic rings. The summed E-state index contributed by atoms with van der Waals surface area (Å²) in [6.07, 6.45) is 1.37. The fraction of sp³-hybridized carbons (Fsp3) is 0.630. The molecular weight excluding hydrogens is 462 g/mol. The molecule has 0 aliphatic carbocycles. The van der Waals surface area contributed by atoms with Crippen LogP contribution in [0.5, 0.6) is 0 Å². The molecule has 9 heteroatoms. The highest BCUT2D eigenvalue weighted by molar-refractivity contribution is 5.93. The number of ether oxygens (including phenoxy) is 2. The standard InChI is InChI=1S/C27H43N3O6/c1-9-11-15-30(25(33)22(19(4)10-2)29-26(34)36-27(5,6)7)23(20-14-12-13-18(3)16-20)24(32)28-17-21(31)35-8/h12-14,16,19,22-23H,9-11,15,17H2,1-8H3,(H,28,32)(H,29,34). The normalized spacial score (nSPS) is 13.7. The molecule has 2 N–H and O–H groups in total. The predicted molar refractivity (Wildman–Crippen MR) is 138 cm³/mol. The molecule has 0 bridgehead atoms. The molecule has 0 saturated heterocycles. The van der Waals surface area contributed by atoms with Gasteiger partial charge in [-0.3, -0.25) is 14.4 Å². The van der Waals surface area contributed by atoms with Crippen LogP contribution in [-0.2, 0) is 23.9 Å². The molecule has 3 atom stereocenters. The van der Waals surface area contributed by atoms with Gasteiger partial charge in [-0.15, -0.1) is 0 Å². The highest BCUT2D eigenvalue weighted by atomic mass is 16.6. The molecule has 0 fully saturated rings. The topological polar surface area (TPSA) is 114 Å². The highest BCUT2D eigenvalue weighted by Gasteiger charge is 2.38. The summed E-state index contributed by atoms with van der Waals surface area (Å²) in [5.74, 6) is -1.70. The minimum Gasteiger partial charge on any atom is -0.468 e. The molecule has 3 unspecified atom stereocenters. The van der Waals surface area contributed by atoms with Gasteiger partial charge >= 0.3 is 12.1 Å². The maximum absolute atomic E-state index is 14.0. The fourth-order valence-corrected chi connectivity index (χ4v) is 3.63. The Morgan fingerprint density at radius 2 is 1.78 bits per heavy atom. The molecule has 9 nitrogen and oxygen atoms in total. The fourth-order valence-electron chi connectivity index (χ4n) is 3.63. The Labute approximate surface area is 215 Å². The number of hydrogen-bond donors (Lipinski definition) is 2. The molecule has 0 spiro atoms. The van der Waals surface area contributed by atoms with Crippen molar-refractivity contribution in [3.8, 4) is 0 Å². The lowest BCUT2D eigenvalue weighted by atomic mass is 9.95. The van der Waals surface area contributed by atoms with Gasteiger partial charge in [-0.1, -0.05) is 63.4 Å². The van der Waals surface area contributed by atoms with Gasteiger partial charge in [-0.25, -0.2) is 4.79 Å². The monoisotopic (exact) mass is 505 g/mol. The summed E-state index contributed by atoms with van der Waals surface area (Å²) < 4.78 is 10.1. The van der Waals surface area contributed by atoms with Crippen LogP contribution >= 0.6 is 0 Å². The molecule has 0 radical (unpaired) electrons. The minimum atomic E-state index is -0.999. The highest BCUT2D eigenvalue weighted by Crippen LogP contribution is 2.26. The number of rotatable bonds is 12. The van der Waals surface area contributed by atoms with Crippen LogP contribution in [0, 0.1) is 12.8 Å². The molecule has 0 aliphatic heterocycles. The molecule has 0 saturated carbocycles. The number of alkyl carbamates (subject to hydrolysis) is 1. The van der Waals surface area contributed by atoms with Crippen LogP contribution in [0.15, 0.2) is 24.3 Å². The number of nitrogens with zero attached hydrogens (tertiary/aromatic N) is 1. The second-order valence-electron chi connectivity index (χ2n) is 10.0. The third kappa shape index (κ3) is 9.87. The summed E-state index contributed by atoms with van der Waals surface area (Å²) in [6.45, 7) is 12.9. The molecule has 1 aromatic rings. The van der Waals surface area contributed by atoms with E-state index in [1.54, 1.807) is 26.8 Å². The second kappa shape index (κ2) is 14.5. The van der Waals surface area contributed by atoms with Gasteiger partial charge in [0.1, 0.15) is 24.2 Å². The maximum atomic E-state index is 14.0. The number of nitrogens with one attached hydrogen (secondary N) is 2. The third-order valence-corrected chi connectivity index (χ3v) is 5.74. The lowest BCUT2D eigenvalue weighted by Gasteiger charge is -2.36. The number of amides is 3. The SMILES string of the molecule is CCCCN(C(=O)C(NC(=O)OC(C)(C)C)C(C)CC)C(C(=O)NCC(=O)OC)c1cccc(C)c1. The first-order valence-corrected chi connectivity index (χ1v) is 12.6. The van der Waals surface area contributed by atoms with E-state index in [-0.39, 0.29) is 18.4 Å². The van der Waals surface area contributed by atoms with Gasteiger partial charge in [0.05, 0.1) is 7.11 Å². The molecular formula is C27H43N3O6. The summed E-state index contributed by atoms with van der Waals surface area (Å²) in [4.78, 5) is 53.3. The van der Waals surface area contributed by atoms with Gasteiger partial charge in [0.15, 0.2) is 0 Å². The van der Waals surface area contributed by atoms with Crippen molar-refractivity contribution < 1.29 is 28.7 Å². The average Bonchev–Trinajstić information content (AvgIpc) is 2.81. The van der Waals surface area contributed by atoms with Crippen LogP contribution in [-0.4, -0.2) is 60.6 Å². The van der Waals surface area contributed by atoms with Crippen molar-refractivity contribution in [2.45, 2.75) is 85.4 Å². The van der Waals surface area contributed by atoms with Crippen molar-refractivity contribution >= 4 is 23.9 Å². The van der Waals surface area contributed by atoms with Gasteiger partial charge in [0.25, 0.3) is 0 Å². The first-order valence-electron chi connectivity index (χ1n) is 12.6.